The van der Waals surface area contributed by atoms with E-state index in [0.717, 1.165) is 12.1 Å². The van der Waals surface area contributed by atoms with Crippen LogP contribution in [-0.2, 0) is 12.1 Å². The Morgan fingerprint density at radius 2 is 1.82 bits per heavy atom. The molecule has 7 heteroatoms. The Bertz CT molecular complexity index is 504. The lowest BCUT2D eigenvalue weighted by Crippen LogP contribution is -2.05. The largest absolute Gasteiger partial charge is 0.416 e. The second-order valence-corrected chi connectivity index (χ2v) is 3.56. The molecule has 0 radical (unpaired) electrons. The zero-order valence-corrected chi connectivity index (χ0v) is 9.20. The van der Waals surface area contributed by atoms with Crippen molar-refractivity contribution < 1.29 is 13.2 Å². The van der Waals surface area contributed by atoms with Crippen molar-refractivity contribution in [1.29, 1.82) is 0 Å². The predicted octanol–water partition coefficient (Wildman–Crippen LogP) is 3.02. The molecule has 1 heterocycles. The fraction of sp³-hybridized carbons (Fsp3) is 0.200. The highest BCUT2D eigenvalue weighted by molar-refractivity contribution is 6.16. The number of benzene rings is 1. The van der Waals surface area contributed by atoms with Crippen molar-refractivity contribution >= 4 is 11.6 Å². The van der Waals surface area contributed by atoms with Gasteiger partial charge in [0.1, 0.15) is 6.33 Å². The molecule has 0 aliphatic heterocycles. The third kappa shape index (κ3) is 2.41. The van der Waals surface area contributed by atoms with Crippen LogP contribution in [0.3, 0.4) is 0 Å². The summed E-state index contributed by atoms with van der Waals surface area (Å²) in [5, 5.41) is 7.39. The van der Waals surface area contributed by atoms with E-state index in [0.29, 0.717) is 11.5 Å². The third-order valence-corrected chi connectivity index (χ3v) is 2.45. The van der Waals surface area contributed by atoms with Crippen molar-refractivity contribution in [3.63, 3.8) is 0 Å². The van der Waals surface area contributed by atoms with E-state index in [1.54, 1.807) is 0 Å². The fourth-order valence-corrected chi connectivity index (χ4v) is 1.56. The van der Waals surface area contributed by atoms with E-state index >= 15 is 0 Å². The van der Waals surface area contributed by atoms with Gasteiger partial charge in [0.2, 0.25) is 0 Å². The van der Waals surface area contributed by atoms with E-state index in [2.05, 4.69) is 10.2 Å². The molecule has 90 valence electrons. The molecule has 0 bridgehead atoms. The highest BCUT2D eigenvalue weighted by atomic mass is 35.5. The molecule has 0 fully saturated rings. The molecule has 0 atom stereocenters. The summed E-state index contributed by atoms with van der Waals surface area (Å²) in [5.74, 6) is 0.618. The average Bonchev–Trinajstić information content (AvgIpc) is 2.76. The molecule has 0 saturated heterocycles. The van der Waals surface area contributed by atoms with E-state index in [-0.39, 0.29) is 5.88 Å². The Kier molecular flexibility index (Phi) is 3.06. The molecule has 0 amide bonds. The first-order chi connectivity index (χ1) is 8.02. The van der Waals surface area contributed by atoms with Crippen molar-refractivity contribution in [2.75, 3.05) is 0 Å². The van der Waals surface area contributed by atoms with Crippen molar-refractivity contribution in [2.45, 2.75) is 12.1 Å². The Hall–Kier alpha value is -1.56. The van der Waals surface area contributed by atoms with Crippen LogP contribution in [0.2, 0.25) is 0 Å². The summed E-state index contributed by atoms with van der Waals surface area (Å²) in [6, 6.07) is 4.71. The highest BCUT2D eigenvalue weighted by Gasteiger charge is 2.30. The molecule has 1 aromatic carbocycles. The molecule has 1 aromatic heterocycles. The minimum Gasteiger partial charge on any atom is -0.285 e. The number of rotatable bonds is 2. The van der Waals surface area contributed by atoms with Crippen LogP contribution in [0.4, 0.5) is 13.2 Å². The van der Waals surface area contributed by atoms with Crippen molar-refractivity contribution in [3.05, 3.63) is 42.0 Å². The highest BCUT2D eigenvalue weighted by Crippen LogP contribution is 2.29. The van der Waals surface area contributed by atoms with Crippen molar-refractivity contribution in [2.24, 2.45) is 0 Å². The number of hydrogen-bond donors (Lipinski definition) is 0. The van der Waals surface area contributed by atoms with Gasteiger partial charge in [-0.05, 0) is 24.3 Å². The van der Waals surface area contributed by atoms with Gasteiger partial charge in [0.15, 0.2) is 5.82 Å². The molecule has 0 saturated carbocycles. The smallest absolute Gasteiger partial charge is 0.285 e. The Labute approximate surface area is 99.8 Å². The average molecular weight is 262 g/mol. The lowest BCUT2D eigenvalue weighted by atomic mass is 10.2. The van der Waals surface area contributed by atoms with Crippen LogP contribution in [0, 0.1) is 0 Å². The molecule has 2 rings (SSSR count). The summed E-state index contributed by atoms with van der Waals surface area (Å²) in [4.78, 5) is 0. The van der Waals surface area contributed by atoms with Gasteiger partial charge in [-0.3, -0.25) is 4.57 Å². The van der Waals surface area contributed by atoms with Gasteiger partial charge >= 0.3 is 6.18 Å². The third-order valence-electron chi connectivity index (χ3n) is 2.21. The Balaban J connectivity index is 2.36. The first-order valence-corrected chi connectivity index (χ1v) is 5.18. The van der Waals surface area contributed by atoms with Crippen molar-refractivity contribution in [3.8, 4) is 5.69 Å². The van der Waals surface area contributed by atoms with Crippen LogP contribution in [0.1, 0.15) is 11.4 Å². The van der Waals surface area contributed by atoms with Crippen LogP contribution in [-0.4, -0.2) is 14.8 Å². The molecule has 17 heavy (non-hydrogen) atoms. The monoisotopic (exact) mass is 261 g/mol. The minimum atomic E-state index is -4.33. The summed E-state index contributed by atoms with van der Waals surface area (Å²) in [5.41, 5.74) is -0.152. The van der Waals surface area contributed by atoms with Gasteiger partial charge in [0.05, 0.1) is 11.4 Å². The first-order valence-electron chi connectivity index (χ1n) is 4.65. The van der Waals surface area contributed by atoms with Crippen LogP contribution in [0.25, 0.3) is 5.69 Å². The second-order valence-electron chi connectivity index (χ2n) is 3.30. The maximum Gasteiger partial charge on any atom is 0.416 e. The van der Waals surface area contributed by atoms with E-state index in [1.165, 1.54) is 23.0 Å². The number of hydrogen-bond acceptors (Lipinski definition) is 2. The van der Waals surface area contributed by atoms with Crippen molar-refractivity contribution in [1.82, 2.24) is 14.8 Å². The maximum atomic E-state index is 12.4. The van der Waals surface area contributed by atoms with E-state index in [4.69, 9.17) is 11.6 Å². The lowest BCUT2D eigenvalue weighted by Gasteiger charge is -2.08. The Morgan fingerprint density at radius 3 is 2.35 bits per heavy atom. The quantitative estimate of drug-likeness (QED) is 0.778. The molecule has 2 aromatic rings. The summed E-state index contributed by atoms with van der Waals surface area (Å²) in [6.07, 6.45) is -2.93. The van der Waals surface area contributed by atoms with Gasteiger partial charge in [0.25, 0.3) is 0 Å². The number of aromatic nitrogens is 3. The lowest BCUT2D eigenvalue weighted by molar-refractivity contribution is -0.137. The van der Waals surface area contributed by atoms with E-state index in [9.17, 15) is 13.2 Å². The van der Waals surface area contributed by atoms with E-state index < -0.39 is 11.7 Å². The van der Waals surface area contributed by atoms with Crippen LogP contribution in [0.15, 0.2) is 30.6 Å². The zero-order valence-electron chi connectivity index (χ0n) is 8.45. The number of alkyl halides is 4. The molecule has 3 nitrogen and oxygen atoms in total. The zero-order chi connectivity index (χ0) is 12.5. The normalized spacial score (nSPS) is 11.8. The molecular formula is C10H7ClF3N3. The minimum absolute atomic E-state index is 0.140. The van der Waals surface area contributed by atoms with Gasteiger partial charge in [0, 0.05) is 5.69 Å². The van der Waals surface area contributed by atoms with Gasteiger partial charge in [-0.25, -0.2) is 0 Å². The van der Waals surface area contributed by atoms with Gasteiger partial charge < -0.3 is 0 Å². The number of nitrogens with zero attached hydrogens (tertiary/aromatic N) is 3. The first kappa shape index (κ1) is 11.9. The molecule has 0 spiro atoms. The maximum absolute atomic E-state index is 12.4. The standard InChI is InChI=1S/C10H7ClF3N3/c11-5-9-16-15-6-17(9)8-3-1-7(2-4-8)10(12,13)14/h1-4,6H,5H2. The van der Waals surface area contributed by atoms with Gasteiger partial charge in [-0.1, -0.05) is 0 Å². The molecular weight excluding hydrogens is 255 g/mol. The number of halogens is 4. The van der Waals surface area contributed by atoms with Crippen LogP contribution < -0.4 is 0 Å². The Morgan fingerprint density at radius 1 is 1.18 bits per heavy atom. The summed E-state index contributed by atoms with van der Waals surface area (Å²) < 4.78 is 38.6. The van der Waals surface area contributed by atoms with Crippen LogP contribution >= 0.6 is 11.6 Å². The summed E-state index contributed by atoms with van der Waals surface area (Å²) >= 11 is 5.62. The van der Waals surface area contributed by atoms with Gasteiger partial charge in [-0.15, -0.1) is 21.8 Å². The summed E-state index contributed by atoms with van der Waals surface area (Å²) in [7, 11) is 0. The molecule has 0 unspecified atom stereocenters. The van der Waals surface area contributed by atoms with E-state index in [1.807, 2.05) is 0 Å². The SMILES string of the molecule is FC(F)(F)c1ccc(-n2cnnc2CCl)cc1. The second kappa shape index (κ2) is 4.37. The topological polar surface area (TPSA) is 30.7 Å². The van der Waals surface area contributed by atoms with Crippen LogP contribution in [0.5, 0.6) is 0 Å². The van der Waals surface area contributed by atoms with Gasteiger partial charge in [-0.2, -0.15) is 13.2 Å². The predicted molar refractivity (Wildman–Crippen MR) is 55.9 cm³/mol. The fourth-order valence-electron chi connectivity index (χ4n) is 1.38. The molecule has 0 aliphatic rings. The molecule has 0 N–H and O–H groups in total. The summed E-state index contributed by atoms with van der Waals surface area (Å²) in [6.45, 7) is 0. The molecule has 0 aliphatic carbocycles.